The zero-order chi connectivity index (χ0) is 11.4. The summed E-state index contributed by atoms with van der Waals surface area (Å²) >= 11 is 0. The smallest absolute Gasteiger partial charge is 0.151 e. The van der Waals surface area contributed by atoms with Crippen molar-refractivity contribution in [3.63, 3.8) is 0 Å². The number of aromatic nitrogens is 2. The van der Waals surface area contributed by atoms with Crippen molar-refractivity contribution in [1.29, 1.82) is 0 Å². The summed E-state index contributed by atoms with van der Waals surface area (Å²) in [6.07, 6.45) is 3.26. The summed E-state index contributed by atoms with van der Waals surface area (Å²) in [6.45, 7) is 2.91. The molecule has 0 bridgehead atoms. The van der Waals surface area contributed by atoms with Crippen molar-refractivity contribution in [1.82, 2.24) is 9.97 Å². The third kappa shape index (κ3) is 2.11. The third-order valence-electron chi connectivity index (χ3n) is 2.32. The van der Waals surface area contributed by atoms with Crippen LogP contribution in [0.5, 0.6) is 0 Å². The van der Waals surface area contributed by atoms with Crippen LogP contribution in [0.3, 0.4) is 0 Å². The van der Waals surface area contributed by atoms with Gasteiger partial charge in [0.15, 0.2) is 5.82 Å². The molecule has 16 heavy (non-hydrogen) atoms. The van der Waals surface area contributed by atoms with Crippen LogP contribution in [-0.2, 0) is 0 Å². The molecule has 1 aromatic carbocycles. The maximum absolute atomic E-state index is 5.51. The molecular weight excluding hydrogens is 200 g/mol. The molecule has 0 atom stereocenters. The van der Waals surface area contributed by atoms with E-state index in [1.165, 1.54) is 0 Å². The van der Waals surface area contributed by atoms with Gasteiger partial charge in [-0.25, -0.2) is 9.97 Å². The van der Waals surface area contributed by atoms with Crippen molar-refractivity contribution < 1.29 is 0 Å². The number of nitrogens with zero attached hydrogens (tertiary/aromatic N) is 3. The van der Waals surface area contributed by atoms with Gasteiger partial charge >= 0.3 is 0 Å². The molecule has 0 amide bonds. The van der Waals surface area contributed by atoms with E-state index in [1.54, 1.807) is 12.4 Å². The van der Waals surface area contributed by atoms with Crippen LogP contribution in [0.2, 0.25) is 0 Å². The number of benzene rings is 1. The standard InChI is InChI=1S/C12H14N4/c1-2-16(10-6-4-3-5-7-10)12-9-14-11(13)8-15-12/h3-9H,2H2,1H3,(H2,13,14). The molecule has 4 heteroatoms. The third-order valence-corrected chi connectivity index (χ3v) is 2.32. The molecule has 1 heterocycles. The topological polar surface area (TPSA) is 55.0 Å². The minimum atomic E-state index is 0.438. The highest BCUT2D eigenvalue weighted by Crippen LogP contribution is 2.21. The quantitative estimate of drug-likeness (QED) is 0.851. The van der Waals surface area contributed by atoms with Crippen LogP contribution in [0.25, 0.3) is 0 Å². The highest BCUT2D eigenvalue weighted by molar-refractivity contribution is 5.59. The molecule has 4 nitrogen and oxygen atoms in total. The van der Waals surface area contributed by atoms with Crippen molar-refractivity contribution >= 4 is 17.3 Å². The van der Waals surface area contributed by atoms with Crippen LogP contribution in [0.1, 0.15) is 6.92 Å². The average Bonchev–Trinajstić information content (AvgIpc) is 2.34. The molecule has 0 spiro atoms. The lowest BCUT2D eigenvalue weighted by Crippen LogP contribution is -2.17. The van der Waals surface area contributed by atoms with Gasteiger partial charge in [-0.05, 0) is 19.1 Å². The SMILES string of the molecule is CCN(c1ccccc1)c1cnc(N)cn1. The van der Waals surface area contributed by atoms with Crippen molar-refractivity contribution in [3.8, 4) is 0 Å². The number of para-hydroxylation sites is 1. The second kappa shape index (κ2) is 4.61. The molecular formula is C12H14N4. The van der Waals surface area contributed by atoms with Gasteiger partial charge in [-0.15, -0.1) is 0 Å². The second-order valence-electron chi connectivity index (χ2n) is 3.38. The van der Waals surface area contributed by atoms with Gasteiger partial charge in [-0.1, -0.05) is 18.2 Å². The van der Waals surface area contributed by atoms with Crippen molar-refractivity contribution in [2.45, 2.75) is 6.92 Å². The van der Waals surface area contributed by atoms with Crippen LogP contribution in [-0.4, -0.2) is 16.5 Å². The van der Waals surface area contributed by atoms with Crippen molar-refractivity contribution in [2.24, 2.45) is 0 Å². The zero-order valence-corrected chi connectivity index (χ0v) is 9.17. The second-order valence-corrected chi connectivity index (χ2v) is 3.38. The fourth-order valence-electron chi connectivity index (χ4n) is 1.56. The Morgan fingerprint density at radius 2 is 1.88 bits per heavy atom. The van der Waals surface area contributed by atoms with E-state index in [4.69, 9.17) is 5.73 Å². The Balaban J connectivity index is 2.33. The van der Waals surface area contributed by atoms with Crippen LogP contribution < -0.4 is 10.6 Å². The van der Waals surface area contributed by atoms with Crippen molar-refractivity contribution in [2.75, 3.05) is 17.2 Å². The van der Waals surface area contributed by atoms with E-state index in [-0.39, 0.29) is 0 Å². The van der Waals surface area contributed by atoms with Crippen LogP contribution in [0.15, 0.2) is 42.7 Å². The molecule has 0 aliphatic carbocycles. The van der Waals surface area contributed by atoms with E-state index < -0.39 is 0 Å². The minimum Gasteiger partial charge on any atom is -0.382 e. The van der Waals surface area contributed by atoms with E-state index in [0.29, 0.717) is 5.82 Å². The number of nitrogen functional groups attached to an aromatic ring is 1. The maximum atomic E-state index is 5.51. The molecule has 0 fully saturated rings. The van der Waals surface area contributed by atoms with Gasteiger partial charge in [-0.3, -0.25) is 0 Å². The summed E-state index contributed by atoms with van der Waals surface area (Å²) < 4.78 is 0. The molecule has 2 aromatic rings. The summed E-state index contributed by atoms with van der Waals surface area (Å²) in [6, 6.07) is 10.1. The van der Waals surface area contributed by atoms with Gasteiger partial charge in [0.05, 0.1) is 12.4 Å². The maximum Gasteiger partial charge on any atom is 0.151 e. The summed E-state index contributed by atoms with van der Waals surface area (Å²) in [4.78, 5) is 10.4. The number of hydrogen-bond acceptors (Lipinski definition) is 4. The molecule has 1 aromatic heterocycles. The van der Waals surface area contributed by atoms with Gasteiger partial charge in [0.25, 0.3) is 0 Å². The molecule has 0 radical (unpaired) electrons. The number of nitrogens with two attached hydrogens (primary N) is 1. The van der Waals surface area contributed by atoms with Gasteiger partial charge < -0.3 is 10.6 Å². The Hall–Kier alpha value is -2.10. The first kappa shape index (κ1) is 10.4. The first-order valence-corrected chi connectivity index (χ1v) is 5.21. The molecule has 0 saturated heterocycles. The largest absolute Gasteiger partial charge is 0.382 e. The molecule has 0 aliphatic rings. The first-order chi connectivity index (χ1) is 7.81. The fraction of sp³-hybridized carbons (Fsp3) is 0.167. The summed E-state index contributed by atoms with van der Waals surface area (Å²) in [5.74, 6) is 1.25. The van der Waals surface area contributed by atoms with Gasteiger partial charge in [-0.2, -0.15) is 0 Å². The van der Waals surface area contributed by atoms with Gasteiger partial charge in [0, 0.05) is 12.2 Å². The van der Waals surface area contributed by atoms with Crippen molar-refractivity contribution in [3.05, 3.63) is 42.7 Å². The molecule has 0 unspecified atom stereocenters. The van der Waals surface area contributed by atoms with E-state index >= 15 is 0 Å². The lowest BCUT2D eigenvalue weighted by Gasteiger charge is -2.21. The summed E-state index contributed by atoms with van der Waals surface area (Å²) in [7, 11) is 0. The Morgan fingerprint density at radius 3 is 2.44 bits per heavy atom. The predicted molar refractivity (Wildman–Crippen MR) is 65.6 cm³/mol. The fourth-order valence-corrected chi connectivity index (χ4v) is 1.56. The molecule has 2 rings (SSSR count). The lowest BCUT2D eigenvalue weighted by atomic mass is 10.3. The van der Waals surface area contributed by atoms with E-state index in [2.05, 4.69) is 21.8 Å². The number of rotatable bonds is 3. The van der Waals surface area contributed by atoms with E-state index in [0.717, 1.165) is 18.1 Å². The van der Waals surface area contributed by atoms with E-state index in [1.807, 2.05) is 30.3 Å². The minimum absolute atomic E-state index is 0.438. The molecule has 0 aliphatic heterocycles. The normalized spacial score (nSPS) is 10.1. The number of hydrogen-bond donors (Lipinski definition) is 1. The van der Waals surface area contributed by atoms with Crippen LogP contribution in [0, 0.1) is 0 Å². The first-order valence-electron chi connectivity index (χ1n) is 5.21. The monoisotopic (exact) mass is 214 g/mol. The molecule has 2 N–H and O–H groups in total. The van der Waals surface area contributed by atoms with Crippen LogP contribution in [0.4, 0.5) is 17.3 Å². The Kier molecular flexibility index (Phi) is 3.00. The molecule has 0 saturated carbocycles. The van der Waals surface area contributed by atoms with Gasteiger partial charge in [0.1, 0.15) is 5.82 Å². The molecule has 82 valence electrons. The summed E-state index contributed by atoms with van der Waals surface area (Å²) in [5, 5.41) is 0. The van der Waals surface area contributed by atoms with E-state index in [9.17, 15) is 0 Å². The highest BCUT2D eigenvalue weighted by atomic mass is 15.2. The van der Waals surface area contributed by atoms with Gasteiger partial charge in [0.2, 0.25) is 0 Å². The highest BCUT2D eigenvalue weighted by Gasteiger charge is 2.07. The predicted octanol–water partition coefficient (Wildman–Crippen LogP) is 2.22. The average molecular weight is 214 g/mol. The zero-order valence-electron chi connectivity index (χ0n) is 9.17. The Bertz CT molecular complexity index is 438. The number of anilines is 3. The Morgan fingerprint density at radius 1 is 1.12 bits per heavy atom. The van der Waals surface area contributed by atoms with Crippen LogP contribution >= 0.6 is 0 Å². The summed E-state index contributed by atoms with van der Waals surface area (Å²) in [5.41, 5.74) is 6.62. The Labute approximate surface area is 94.8 Å². The lowest BCUT2D eigenvalue weighted by molar-refractivity contribution is 0.978.